The molecule has 14 heteroatoms. The zero-order valence-corrected chi connectivity index (χ0v) is 28.1. The first-order valence-corrected chi connectivity index (χ1v) is 13.3. The van der Waals surface area contributed by atoms with Crippen molar-refractivity contribution in [2.24, 2.45) is 20.5 Å². The number of rotatable bonds is 5. The van der Waals surface area contributed by atoms with Crippen LogP contribution in [0.15, 0.2) is 130 Å². The Kier molecular flexibility index (Phi) is 12.6. The molecule has 0 amide bonds. The molecule has 0 fully saturated rings. The van der Waals surface area contributed by atoms with Crippen molar-refractivity contribution in [2.75, 3.05) is 0 Å². The van der Waals surface area contributed by atoms with E-state index < -0.39 is 4.92 Å². The summed E-state index contributed by atoms with van der Waals surface area (Å²) in [7, 11) is 0. The summed E-state index contributed by atoms with van der Waals surface area (Å²) in [6, 6.07) is 29.5. The van der Waals surface area contributed by atoms with Gasteiger partial charge in [-0.05, 0) is 47.2 Å². The van der Waals surface area contributed by atoms with Crippen LogP contribution in [0.25, 0.3) is 21.5 Å². The van der Waals surface area contributed by atoms with Crippen molar-refractivity contribution in [1.82, 2.24) is 0 Å². The zero-order valence-electron chi connectivity index (χ0n) is 24.0. The molecule has 0 heterocycles. The Morgan fingerprint density at radius 2 is 1.07 bits per heavy atom. The van der Waals surface area contributed by atoms with Crippen LogP contribution in [0.3, 0.4) is 0 Å². The number of nitrogens with zero attached hydrogens (tertiary/aromatic N) is 5. The van der Waals surface area contributed by atoms with E-state index in [4.69, 9.17) is 11.6 Å². The third-order valence-corrected chi connectivity index (χ3v) is 6.62. The molecule has 0 saturated carbocycles. The number of hydrogen-bond donors (Lipinski definition) is 4. The van der Waals surface area contributed by atoms with Gasteiger partial charge in [0.05, 0.1) is 11.0 Å². The Hall–Kier alpha value is -4.54. The molecule has 0 aliphatic rings. The first kappa shape index (κ1) is 35.9. The first-order valence-electron chi connectivity index (χ1n) is 12.9. The third kappa shape index (κ3) is 8.38. The number of nitro benzene ring substituents is 1. The minimum atomic E-state index is -0.614. The Morgan fingerprint density at radius 1 is 0.565 bits per heavy atom. The number of azo groups is 2. The van der Waals surface area contributed by atoms with Gasteiger partial charge in [-0.15, -0.1) is 20.5 Å². The molecule has 0 unspecified atom stereocenters. The van der Waals surface area contributed by atoms with Gasteiger partial charge in [-0.1, -0.05) is 72.3 Å². The molecule has 0 spiro atoms. The number of fused-ring (bicyclic) bond motifs is 2. The van der Waals surface area contributed by atoms with Gasteiger partial charge in [0, 0.05) is 39.2 Å². The van der Waals surface area contributed by atoms with Gasteiger partial charge in [-0.2, -0.15) is 0 Å². The minimum Gasteiger partial charge on any atom is -0.506 e. The molecule has 224 valence electrons. The van der Waals surface area contributed by atoms with Crippen molar-refractivity contribution in [3.8, 4) is 23.0 Å². The van der Waals surface area contributed by atoms with Crippen LogP contribution < -0.4 is 29.6 Å². The second-order valence-electron chi connectivity index (χ2n) is 9.27. The minimum absolute atomic E-state index is 0. The van der Waals surface area contributed by atoms with Gasteiger partial charge in [-0.25, -0.2) is 0 Å². The molecule has 0 aliphatic heterocycles. The molecule has 6 rings (SSSR count). The molecule has 6 aromatic carbocycles. The van der Waals surface area contributed by atoms with Gasteiger partial charge < -0.3 is 20.4 Å². The summed E-state index contributed by atoms with van der Waals surface area (Å²) in [5.41, 5.74) is 0.695. The van der Waals surface area contributed by atoms with Crippen LogP contribution >= 0.6 is 11.6 Å². The predicted molar refractivity (Wildman–Crippen MR) is 167 cm³/mol. The maximum atomic E-state index is 10.6. The van der Waals surface area contributed by atoms with Gasteiger partial charge >= 0.3 is 29.6 Å². The number of hydrogen-bond acceptors (Lipinski definition) is 10. The van der Waals surface area contributed by atoms with E-state index in [0.717, 1.165) is 22.2 Å². The molecule has 0 bridgehead atoms. The maximum Gasteiger partial charge on any atom is 1.00 e. The Labute approximate surface area is 299 Å². The molecular formula is C32H22ClCrN5NaO6+. The number of aromatic hydroxyl groups is 4. The fourth-order valence-corrected chi connectivity index (χ4v) is 4.36. The van der Waals surface area contributed by atoms with E-state index in [2.05, 4.69) is 20.5 Å². The second-order valence-corrected chi connectivity index (χ2v) is 9.71. The predicted octanol–water partition coefficient (Wildman–Crippen LogP) is 6.90. The van der Waals surface area contributed by atoms with Crippen LogP contribution in [0.2, 0.25) is 5.02 Å². The van der Waals surface area contributed by atoms with E-state index in [9.17, 15) is 30.5 Å². The molecule has 6 aromatic rings. The van der Waals surface area contributed by atoms with Gasteiger partial charge in [0.25, 0.3) is 5.69 Å². The van der Waals surface area contributed by atoms with E-state index in [1.165, 1.54) is 30.3 Å². The Bertz CT molecular complexity index is 2100. The normalized spacial score (nSPS) is 10.7. The monoisotopic (exact) mass is 682 g/mol. The van der Waals surface area contributed by atoms with Crippen molar-refractivity contribution in [2.45, 2.75) is 0 Å². The van der Waals surface area contributed by atoms with Gasteiger partial charge in [-0.3, -0.25) is 10.1 Å². The second kappa shape index (κ2) is 16.2. The molecular weight excluding hydrogens is 661 g/mol. The largest absolute Gasteiger partial charge is 1.00 e. The molecule has 46 heavy (non-hydrogen) atoms. The van der Waals surface area contributed by atoms with Crippen LogP contribution in [0.1, 0.15) is 0 Å². The number of non-ortho nitro benzene ring substituents is 1. The molecule has 0 saturated heterocycles. The van der Waals surface area contributed by atoms with E-state index in [1.54, 1.807) is 30.3 Å². The van der Waals surface area contributed by atoms with Crippen LogP contribution in [-0.2, 0) is 17.4 Å². The van der Waals surface area contributed by atoms with Crippen molar-refractivity contribution in [3.63, 3.8) is 0 Å². The third-order valence-electron chi connectivity index (χ3n) is 6.38. The van der Waals surface area contributed by atoms with Crippen LogP contribution in [0.4, 0.5) is 28.4 Å². The molecule has 0 aliphatic carbocycles. The number of nitro groups is 1. The number of phenols is 4. The summed E-state index contributed by atoms with van der Waals surface area (Å²) < 4.78 is 0. The molecule has 4 N–H and O–H groups in total. The van der Waals surface area contributed by atoms with Gasteiger partial charge in [0.2, 0.25) is 0 Å². The summed E-state index contributed by atoms with van der Waals surface area (Å²) in [6.07, 6.45) is 0. The maximum absolute atomic E-state index is 10.6. The molecule has 11 nitrogen and oxygen atoms in total. The van der Waals surface area contributed by atoms with Crippen molar-refractivity contribution >= 4 is 61.6 Å². The van der Waals surface area contributed by atoms with Crippen LogP contribution in [0, 0.1) is 10.1 Å². The summed E-state index contributed by atoms with van der Waals surface area (Å²) in [4.78, 5) is 10.0. The molecule has 0 atom stereocenters. The quantitative estimate of drug-likeness (QED) is 0.0666. The SMILES string of the molecule is O=[N+]([O-])c1ccc(N=Nc2c(O)ccc3ccccc23)c(O)c1.Oc1ccc(Cl)cc1N=Nc1c(O)ccc2ccccc12.[Cr].[Na+]. The molecule has 0 aromatic heterocycles. The fraction of sp³-hybridized carbons (Fsp3) is 0. The van der Waals surface area contributed by atoms with Crippen LogP contribution in [0.5, 0.6) is 23.0 Å². The average molecular weight is 683 g/mol. The van der Waals surface area contributed by atoms with E-state index in [-0.39, 0.29) is 92.7 Å². The van der Waals surface area contributed by atoms with E-state index in [1.807, 2.05) is 42.5 Å². The number of benzene rings is 6. The summed E-state index contributed by atoms with van der Waals surface area (Å²) >= 11 is 5.86. The smallest absolute Gasteiger partial charge is 0.506 e. The number of phenolic OH excluding ortho intramolecular Hbond substituents is 4. The van der Waals surface area contributed by atoms with E-state index in [0.29, 0.717) is 16.1 Å². The summed E-state index contributed by atoms with van der Waals surface area (Å²) in [6.45, 7) is 0. The van der Waals surface area contributed by atoms with Crippen molar-refractivity contribution < 1.29 is 72.3 Å². The number of halogens is 1. The van der Waals surface area contributed by atoms with Crippen molar-refractivity contribution in [3.05, 3.63) is 124 Å². The summed E-state index contributed by atoms with van der Waals surface area (Å²) in [5.74, 6) is -0.404. The first-order chi connectivity index (χ1) is 21.2. The standard InChI is InChI=1S/C16H11ClN2O2.C16H11N3O4.Cr.Na/c17-11-6-8-14(20)13(9-11)18-19-16-12-4-2-1-3-10(12)5-7-15(16)21;20-14-8-5-10-3-1-2-4-12(10)16(14)18-17-13-7-6-11(19(22)23)9-15(13)21;;/h1-9,20-21H;1-9,20-21H;;/q;;;+1. The summed E-state index contributed by atoms with van der Waals surface area (Å²) in [5, 5.41) is 69.7. The van der Waals surface area contributed by atoms with Crippen molar-refractivity contribution in [1.29, 1.82) is 0 Å². The van der Waals surface area contributed by atoms with Gasteiger partial charge in [0.15, 0.2) is 0 Å². The van der Waals surface area contributed by atoms with Crippen LogP contribution in [-0.4, -0.2) is 25.3 Å². The fourth-order valence-electron chi connectivity index (χ4n) is 4.19. The molecule has 0 radical (unpaired) electrons. The van der Waals surface area contributed by atoms with E-state index >= 15 is 0 Å². The topological polar surface area (TPSA) is 174 Å². The average Bonchev–Trinajstić information content (AvgIpc) is 3.02. The Balaban J connectivity index is 0.000000241. The van der Waals surface area contributed by atoms with Gasteiger partial charge in [0.1, 0.15) is 45.7 Å². The Morgan fingerprint density at radius 3 is 1.59 bits per heavy atom. The zero-order chi connectivity index (χ0) is 31.2.